The summed E-state index contributed by atoms with van der Waals surface area (Å²) in [5.41, 5.74) is 1.23. The van der Waals surface area contributed by atoms with E-state index in [-0.39, 0.29) is 29.7 Å². The van der Waals surface area contributed by atoms with Crippen molar-refractivity contribution in [3.8, 4) is 11.5 Å². The van der Waals surface area contributed by atoms with Crippen molar-refractivity contribution >= 4 is 15.9 Å². The van der Waals surface area contributed by atoms with Crippen molar-refractivity contribution in [1.82, 2.24) is 15.2 Å². The molecule has 0 saturated carbocycles. The summed E-state index contributed by atoms with van der Waals surface area (Å²) in [6.45, 7) is 3.23. The van der Waals surface area contributed by atoms with Crippen LogP contribution in [0.2, 0.25) is 0 Å². The number of nitrogens with zero attached hydrogens (tertiary/aromatic N) is 1. The van der Waals surface area contributed by atoms with Crippen LogP contribution in [-0.2, 0) is 21.2 Å². The van der Waals surface area contributed by atoms with E-state index in [1.165, 1.54) is 13.8 Å². The summed E-state index contributed by atoms with van der Waals surface area (Å²) in [7, 11) is -3.85. The van der Waals surface area contributed by atoms with Crippen LogP contribution in [0.15, 0.2) is 27.6 Å². The van der Waals surface area contributed by atoms with Gasteiger partial charge in [0.15, 0.2) is 17.3 Å². The van der Waals surface area contributed by atoms with Crippen LogP contribution in [0.5, 0.6) is 11.5 Å². The van der Waals surface area contributed by atoms with Gasteiger partial charge in [-0.2, -0.15) is 0 Å². The fourth-order valence-electron chi connectivity index (χ4n) is 2.60. The van der Waals surface area contributed by atoms with Gasteiger partial charge in [-0.15, -0.1) is 0 Å². The molecule has 0 bridgehead atoms. The number of hydrogen-bond donors (Lipinski definition) is 2. The minimum absolute atomic E-state index is 0.0364. The smallest absolute Gasteiger partial charge is 0.246 e. The molecule has 2 N–H and O–H groups in total. The first-order chi connectivity index (χ1) is 12.4. The molecule has 9 nitrogen and oxygen atoms in total. The number of nitrogens with one attached hydrogen (secondary N) is 2. The van der Waals surface area contributed by atoms with Crippen LogP contribution in [0.3, 0.4) is 0 Å². The van der Waals surface area contributed by atoms with Crippen molar-refractivity contribution in [2.75, 3.05) is 19.9 Å². The van der Waals surface area contributed by atoms with E-state index in [9.17, 15) is 13.2 Å². The maximum absolute atomic E-state index is 12.2. The number of fused-ring (bicyclic) bond motifs is 1. The lowest BCUT2D eigenvalue weighted by Crippen LogP contribution is -2.37. The minimum atomic E-state index is -3.85. The standard InChI is InChI=1S/C16H19N3O6S/c1-10-16(11(2)25-19-10)26(21,22)18-8-15(20)17-6-5-12-3-4-13-14(7-12)24-9-23-13/h3-4,7,18H,5-6,8-9H2,1-2H3,(H,17,20). The van der Waals surface area contributed by atoms with Crippen molar-refractivity contribution in [2.45, 2.75) is 25.2 Å². The van der Waals surface area contributed by atoms with Crippen LogP contribution >= 0.6 is 0 Å². The van der Waals surface area contributed by atoms with Gasteiger partial charge >= 0.3 is 0 Å². The normalized spacial score (nSPS) is 13.0. The third-order valence-corrected chi connectivity index (χ3v) is 5.48. The second-order valence-electron chi connectivity index (χ2n) is 5.77. The highest BCUT2D eigenvalue weighted by molar-refractivity contribution is 7.89. The molecule has 2 heterocycles. The highest BCUT2D eigenvalue weighted by Crippen LogP contribution is 2.32. The van der Waals surface area contributed by atoms with E-state index in [0.717, 1.165) is 5.56 Å². The third kappa shape index (κ3) is 3.97. The van der Waals surface area contributed by atoms with E-state index >= 15 is 0 Å². The fourth-order valence-corrected chi connectivity index (χ4v) is 3.90. The predicted molar refractivity (Wildman–Crippen MR) is 90.4 cm³/mol. The molecular formula is C16H19N3O6S. The van der Waals surface area contributed by atoms with E-state index in [4.69, 9.17) is 14.0 Å². The molecule has 140 valence electrons. The number of aromatic nitrogens is 1. The Morgan fingerprint density at radius 1 is 1.23 bits per heavy atom. The Morgan fingerprint density at radius 2 is 2.00 bits per heavy atom. The molecule has 1 aliphatic heterocycles. The van der Waals surface area contributed by atoms with Gasteiger partial charge in [0.05, 0.1) is 6.54 Å². The molecule has 0 saturated heterocycles. The molecule has 10 heteroatoms. The van der Waals surface area contributed by atoms with Crippen LogP contribution in [-0.4, -0.2) is 39.4 Å². The second-order valence-corrected chi connectivity index (χ2v) is 7.47. The molecule has 0 spiro atoms. The highest BCUT2D eigenvalue weighted by Gasteiger charge is 2.24. The number of hydrogen-bond acceptors (Lipinski definition) is 7. The summed E-state index contributed by atoms with van der Waals surface area (Å²) in [6, 6.07) is 5.56. The SMILES string of the molecule is Cc1noc(C)c1S(=O)(=O)NCC(=O)NCCc1ccc2c(c1)OCO2. The van der Waals surface area contributed by atoms with Gasteiger partial charge in [-0.3, -0.25) is 4.79 Å². The Kier molecular flexibility index (Phi) is 5.14. The molecular weight excluding hydrogens is 362 g/mol. The van der Waals surface area contributed by atoms with Crippen LogP contribution in [0.1, 0.15) is 17.0 Å². The molecule has 0 aliphatic carbocycles. The van der Waals surface area contributed by atoms with E-state index in [0.29, 0.717) is 24.5 Å². The molecule has 0 unspecified atom stereocenters. The Labute approximate surface area is 150 Å². The molecule has 1 aromatic heterocycles. The number of rotatable bonds is 7. The zero-order valence-corrected chi connectivity index (χ0v) is 15.2. The largest absolute Gasteiger partial charge is 0.454 e. The molecule has 2 aromatic rings. The number of ether oxygens (including phenoxy) is 2. The average molecular weight is 381 g/mol. The van der Waals surface area contributed by atoms with Gasteiger partial charge in [-0.25, -0.2) is 13.1 Å². The van der Waals surface area contributed by atoms with Gasteiger partial charge in [0.1, 0.15) is 10.6 Å². The lowest BCUT2D eigenvalue weighted by molar-refractivity contribution is -0.119. The average Bonchev–Trinajstić information content (AvgIpc) is 3.19. The number of carbonyl (C=O) groups is 1. The van der Waals surface area contributed by atoms with Gasteiger partial charge in [0, 0.05) is 6.54 Å². The Balaban J connectivity index is 1.47. The van der Waals surface area contributed by atoms with Crippen molar-refractivity contribution in [3.63, 3.8) is 0 Å². The Morgan fingerprint density at radius 3 is 2.73 bits per heavy atom. The lowest BCUT2D eigenvalue weighted by Gasteiger charge is -2.08. The lowest BCUT2D eigenvalue weighted by atomic mass is 10.1. The topological polar surface area (TPSA) is 120 Å². The zero-order chi connectivity index (χ0) is 18.7. The molecule has 0 atom stereocenters. The van der Waals surface area contributed by atoms with Gasteiger partial charge in [-0.05, 0) is 38.0 Å². The number of sulfonamides is 1. The molecule has 0 radical (unpaired) electrons. The van der Waals surface area contributed by atoms with Crippen LogP contribution < -0.4 is 19.5 Å². The molecule has 26 heavy (non-hydrogen) atoms. The Hall–Kier alpha value is -2.59. The van der Waals surface area contributed by atoms with Gasteiger partial charge < -0.3 is 19.3 Å². The maximum atomic E-state index is 12.2. The first kappa shape index (κ1) is 18.2. The van der Waals surface area contributed by atoms with Crippen molar-refractivity contribution < 1.29 is 27.2 Å². The van der Waals surface area contributed by atoms with Crippen LogP contribution in [0.4, 0.5) is 0 Å². The quantitative estimate of drug-likeness (QED) is 0.723. The molecule has 3 rings (SSSR count). The molecule has 0 fully saturated rings. The summed E-state index contributed by atoms with van der Waals surface area (Å²) < 4.78 is 42.1. The van der Waals surface area contributed by atoms with Crippen molar-refractivity contribution in [3.05, 3.63) is 35.2 Å². The number of carbonyl (C=O) groups excluding carboxylic acids is 1. The number of aryl methyl sites for hydroxylation is 2. The molecule has 1 amide bonds. The number of amides is 1. The highest BCUT2D eigenvalue weighted by atomic mass is 32.2. The predicted octanol–water partition coefficient (Wildman–Crippen LogP) is 0.657. The van der Waals surface area contributed by atoms with Gasteiger partial charge in [-0.1, -0.05) is 11.2 Å². The van der Waals surface area contributed by atoms with E-state index in [2.05, 4.69) is 15.2 Å². The molecule has 1 aromatic carbocycles. The summed E-state index contributed by atoms with van der Waals surface area (Å²) >= 11 is 0. The monoisotopic (exact) mass is 381 g/mol. The van der Waals surface area contributed by atoms with Crippen molar-refractivity contribution in [1.29, 1.82) is 0 Å². The van der Waals surface area contributed by atoms with Gasteiger partial charge in [0.25, 0.3) is 0 Å². The van der Waals surface area contributed by atoms with E-state index in [1.54, 1.807) is 0 Å². The summed E-state index contributed by atoms with van der Waals surface area (Å²) in [5.74, 6) is 1.13. The first-order valence-corrected chi connectivity index (χ1v) is 9.43. The maximum Gasteiger partial charge on any atom is 0.246 e. The second kappa shape index (κ2) is 7.34. The van der Waals surface area contributed by atoms with Gasteiger partial charge in [0.2, 0.25) is 22.7 Å². The fraction of sp³-hybridized carbons (Fsp3) is 0.375. The van der Waals surface area contributed by atoms with Crippen molar-refractivity contribution in [2.24, 2.45) is 0 Å². The van der Waals surface area contributed by atoms with Crippen LogP contribution in [0.25, 0.3) is 0 Å². The summed E-state index contributed by atoms with van der Waals surface area (Å²) in [4.78, 5) is 11.8. The summed E-state index contributed by atoms with van der Waals surface area (Å²) in [6.07, 6.45) is 0.582. The van der Waals surface area contributed by atoms with E-state index in [1.807, 2.05) is 18.2 Å². The molecule has 1 aliphatic rings. The van der Waals surface area contributed by atoms with E-state index < -0.39 is 15.9 Å². The number of benzene rings is 1. The van der Waals surface area contributed by atoms with Crippen LogP contribution in [0, 0.1) is 13.8 Å². The minimum Gasteiger partial charge on any atom is -0.454 e. The first-order valence-electron chi connectivity index (χ1n) is 7.94. The zero-order valence-electron chi connectivity index (χ0n) is 14.4. The summed E-state index contributed by atoms with van der Waals surface area (Å²) in [5, 5.41) is 6.27. The third-order valence-electron chi connectivity index (χ3n) is 3.83. The Bertz CT molecular complexity index is 903.